The lowest BCUT2D eigenvalue weighted by molar-refractivity contribution is -0.153. The Morgan fingerprint density at radius 3 is 1.67 bits per heavy atom. The van der Waals surface area contributed by atoms with Gasteiger partial charge in [-0.2, -0.15) is 8.78 Å². The van der Waals surface area contributed by atoms with Crippen molar-refractivity contribution in [2.75, 3.05) is 0 Å². The van der Waals surface area contributed by atoms with Crippen LogP contribution in [-0.2, 0) is 4.79 Å². The zero-order valence-corrected chi connectivity index (χ0v) is 6.34. The zero-order valence-electron chi connectivity index (χ0n) is 5.19. The molecule has 0 bridgehead atoms. The van der Waals surface area contributed by atoms with Crippen LogP contribution >= 0.6 is 9.24 Å². The summed E-state index contributed by atoms with van der Waals surface area (Å²) >= 11 is 0. The van der Waals surface area contributed by atoms with Crippen molar-refractivity contribution in [2.45, 2.75) is 19.5 Å². The van der Waals surface area contributed by atoms with E-state index in [1.807, 2.05) is 13.8 Å². The molecule has 0 saturated carbocycles. The number of halogens is 2. The van der Waals surface area contributed by atoms with Gasteiger partial charge in [-0.05, 0) is 9.24 Å². The van der Waals surface area contributed by atoms with E-state index in [-0.39, 0.29) is 0 Å². The normalized spacial score (nSPS) is 9.44. The summed E-state index contributed by atoms with van der Waals surface area (Å²) in [4.78, 5) is 9.25. The number of rotatable bonds is 1. The molecule has 0 aromatic carbocycles. The van der Waals surface area contributed by atoms with Crippen molar-refractivity contribution in [3.63, 3.8) is 0 Å². The molecule has 0 aliphatic heterocycles. The molecule has 0 saturated heterocycles. The van der Waals surface area contributed by atoms with Crippen LogP contribution in [0.2, 0.25) is 0 Å². The predicted octanol–water partition coefficient (Wildman–Crippen LogP) is 1.57. The molecule has 56 valence electrons. The number of hydrogen-bond donors (Lipinski definition) is 1. The summed E-state index contributed by atoms with van der Waals surface area (Å²) in [5, 5.41) is 7.48. The molecule has 0 aromatic rings. The minimum absolute atomic E-state index is 0.898. The second-order valence-corrected chi connectivity index (χ2v) is 1.65. The van der Waals surface area contributed by atoms with E-state index in [2.05, 4.69) is 0 Å². The molecule has 0 heterocycles. The molecule has 0 aliphatic rings. The Balaban J connectivity index is 0. The Labute approximate surface area is 54.5 Å². The molecule has 9 heavy (non-hydrogen) atoms. The summed E-state index contributed by atoms with van der Waals surface area (Å²) in [7, 11) is 0.898. The third-order valence-electron chi connectivity index (χ3n) is 0.285. The van der Waals surface area contributed by atoms with E-state index >= 15 is 0 Å². The lowest BCUT2D eigenvalue weighted by Gasteiger charge is -1.98. The van der Waals surface area contributed by atoms with Gasteiger partial charge in [-0.3, -0.25) is 0 Å². The maximum absolute atomic E-state index is 11.2. The molecule has 1 N–H and O–H groups in total. The first-order valence-electron chi connectivity index (χ1n) is 2.34. The lowest BCUT2D eigenvalue weighted by atomic mass is 10.7. The minimum atomic E-state index is -3.67. The van der Waals surface area contributed by atoms with Crippen molar-refractivity contribution in [1.29, 1.82) is 0 Å². The summed E-state index contributed by atoms with van der Waals surface area (Å²) < 4.78 is 22.4. The van der Waals surface area contributed by atoms with Crippen LogP contribution in [0.15, 0.2) is 0 Å². The van der Waals surface area contributed by atoms with Gasteiger partial charge in [0.15, 0.2) is 0 Å². The van der Waals surface area contributed by atoms with Crippen molar-refractivity contribution in [3.05, 3.63) is 0 Å². The number of carboxylic acid groups (broad SMARTS) is 1. The summed E-state index contributed by atoms with van der Waals surface area (Å²) in [5.41, 5.74) is -3.67. The van der Waals surface area contributed by atoms with Gasteiger partial charge in [-0.25, -0.2) is 4.79 Å². The van der Waals surface area contributed by atoms with Crippen LogP contribution in [0.25, 0.3) is 0 Å². The fourth-order valence-electron chi connectivity index (χ4n) is 0. The van der Waals surface area contributed by atoms with Crippen LogP contribution in [0.4, 0.5) is 8.78 Å². The van der Waals surface area contributed by atoms with Gasteiger partial charge in [0.1, 0.15) is 0 Å². The molecule has 0 aromatic heterocycles. The van der Waals surface area contributed by atoms with Crippen LogP contribution in [0, 0.1) is 0 Å². The number of carboxylic acids is 1. The molecule has 0 aliphatic carbocycles. The van der Waals surface area contributed by atoms with E-state index in [0.717, 1.165) is 9.24 Å². The van der Waals surface area contributed by atoms with E-state index < -0.39 is 11.6 Å². The monoisotopic (exact) mass is 158 g/mol. The highest BCUT2D eigenvalue weighted by molar-refractivity contribution is 7.20. The van der Waals surface area contributed by atoms with E-state index in [1.165, 1.54) is 0 Å². The highest BCUT2D eigenvalue weighted by atomic mass is 31.0. The molecule has 5 heteroatoms. The van der Waals surface area contributed by atoms with Crippen LogP contribution in [0.5, 0.6) is 0 Å². The van der Waals surface area contributed by atoms with Gasteiger partial charge in [0.25, 0.3) is 0 Å². The summed E-state index contributed by atoms with van der Waals surface area (Å²) in [6.45, 7) is 4.00. The number of alkyl halides is 2. The van der Waals surface area contributed by atoms with Gasteiger partial charge >= 0.3 is 11.6 Å². The van der Waals surface area contributed by atoms with Crippen LogP contribution < -0.4 is 0 Å². The Hall–Kier alpha value is -0.240. The third-order valence-corrected chi connectivity index (χ3v) is 0.532. The predicted molar refractivity (Wildman–Crippen MR) is 33.6 cm³/mol. The average molecular weight is 158 g/mol. The Bertz CT molecular complexity index is 89.1. The summed E-state index contributed by atoms with van der Waals surface area (Å²) in [6, 6.07) is 0. The van der Waals surface area contributed by atoms with E-state index in [9.17, 15) is 13.6 Å². The van der Waals surface area contributed by atoms with Crippen molar-refractivity contribution >= 4 is 15.2 Å². The molecular formula is C4H9F2O2P. The molecule has 0 rings (SSSR count). The van der Waals surface area contributed by atoms with Gasteiger partial charge in [0.05, 0.1) is 0 Å². The highest BCUT2D eigenvalue weighted by Crippen LogP contribution is 2.20. The molecule has 1 atom stereocenters. The molecule has 0 amide bonds. The van der Waals surface area contributed by atoms with Gasteiger partial charge in [-0.15, -0.1) is 0 Å². The second kappa shape index (κ2) is 4.62. The fourth-order valence-corrected chi connectivity index (χ4v) is 0. The zero-order chi connectivity index (χ0) is 8.08. The quantitative estimate of drug-likeness (QED) is 0.588. The van der Waals surface area contributed by atoms with E-state index in [0.29, 0.717) is 0 Å². The SMILES string of the molecule is CC.O=C(O)C(F)(F)P. The third kappa shape index (κ3) is 7.76. The van der Waals surface area contributed by atoms with Crippen molar-refractivity contribution < 1.29 is 18.7 Å². The standard InChI is InChI=1S/C2H3F2O2P.C2H6/c3-2(4,7)1(5)6;1-2/h7H2,(H,5,6);1-2H3. The topological polar surface area (TPSA) is 37.3 Å². The van der Waals surface area contributed by atoms with Gasteiger partial charge < -0.3 is 5.11 Å². The Morgan fingerprint density at radius 1 is 1.56 bits per heavy atom. The number of hydrogen-bond acceptors (Lipinski definition) is 1. The van der Waals surface area contributed by atoms with E-state index in [4.69, 9.17) is 5.11 Å². The second-order valence-electron chi connectivity index (χ2n) is 0.928. The first kappa shape index (κ1) is 11.5. The molecular weight excluding hydrogens is 149 g/mol. The van der Waals surface area contributed by atoms with Crippen LogP contribution in [0.1, 0.15) is 13.8 Å². The summed E-state index contributed by atoms with van der Waals surface area (Å²) in [5.74, 6) is -2.13. The van der Waals surface area contributed by atoms with Gasteiger partial charge in [0.2, 0.25) is 0 Å². The Kier molecular flexibility index (Phi) is 5.93. The van der Waals surface area contributed by atoms with Gasteiger partial charge in [-0.1, -0.05) is 13.8 Å². The number of carbonyl (C=O) groups is 1. The smallest absolute Gasteiger partial charge is 0.378 e. The van der Waals surface area contributed by atoms with Crippen molar-refractivity contribution in [2.24, 2.45) is 0 Å². The molecule has 0 spiro atoms. The fraction of sp³-hybridized carbons (Fsp3) is 0.750. The maximum atomic E-state index is 11.2. The Morgan fingerprint density at radius 2 is 1.67 bits per heavy atom. The van der Waals surface area contributed by atoms with Crippen molar-refractivity contribution in [3.8, 4) is 0 Å². The van der Waals surface area contributed by atoms with Crippen molar-refractivity contribution in [1.82, 2.24) is 0 Å². The first-order valence-corrected chi connectivity index (χ1v) is 2.92. The molecule has 0 fully saturated rings. The highest BCUT2D eigenvalue weighted by Gasteiger charge is 2.31. The summed E-state index contributed by atoms with van der Waals surface area (Å²) in [6.07, 6.45) is 0. The van der Waals surface area contributed by atoms with Gasteiger partial charge in [0, 0.05) is 0 Å². The van der Waals surface area contributed by atoms with Crippen LogP contribution in [-0.4, -0.2) is 16.7 Å². The molecule has 1 unspecified atom stereocenters. The maximum Gasteiger partial charge on any atom is 0.378 e. The molecule has 2 nitrogen and oxygen atoms in total. The lowest BCUT2D eigenvalue weighted by Crippen LogP contribution is -2.18. The van der Waals surface area contributed by atoms with E-state index in [1.54, 1.807) is 0 Å². The van der Waals surface area contributed by atoms with Crippen LogP contribution in [0.3, 0.4) is 0 Å². The molecule has 0 radical (unpaired) electrons. The average Bonchev–Trinajstić information content (AvgIpc) is 1.69. The largest absolute Gasteiger partial charge is 0.477 e. The first-order chi connectivity index (χ1) is 3.94. The minimum Gasteiger partial charge on any atom is -0.477 e. The number of aliphatic carboxylic acids is 1.